The van der Waals surface area contributed by atoms with Crippen LogP contribution in [-0.4, -0.2) is 16.4 Å². The van der Waals surface area contributed by atoms with Crippen molar-refractivity contribution < 1.29 is 23.4 Å². The van der Waals surface area contributed by atoms with Crippen LogP contribution in [0.15, 0.2) is 24.3 Å². The minimum absolute atomic E-state index is 0.0613. The lowest BCUT2D eigenvalue weighted by Crippen LogP contribution is -2.11. The number of aromatic hydroxyl groups is 2. The zero-order valence-corrected chi connectivity index (χ0v) is 13.1. The number of alkyl halides is 3. The highest BCUT2D eigenvalue weighted by molar-refractivity contribution is 5.66. The summed E-state index contributed by atoms with van der Waals surface area (Å²) in [6.45, 7) is 1.44. The fourth-order valence-electron chi connectivity index (χ4n) is 2.57. The topological polar surface area (TPSA) is 88.0 Å². The number of benzene rings is 2. The molecule has 2 N–H and O–H groups in total. The molecule has 128 valence electrons. The van der Waals surface area contributed by atoms with E-state index in [1.807, 2.05) is 6.07 Å². The molecule has 7 heteroatoms. The number of hydrogen-bond acceptors (Lipinski definition) is 4. The molecule has 0 spiro atoms. The lowest BCUT2D eigenvalue weighted by molar-refractivity contribution is -0.127. The summed E-state index contributed by atoms with van der Waals surface area (Å²) >= 11 is 0. The zero-order chi connectivity index (χ0) is 18.8. The van der Waals surface area contributed by atoms with Crippen LogP contribution in [-0.2, 0) is 12.8 Å². The highest BCUT2D eigenvalue weighted by Crippen LogP contribution is 2.38. The predicted octanol–water partition coefficient (Wildman–Crippen LogP) is 3.85. The van der Waals surface area contributed by atoms with Crippen molar-refractivity contribution in [3.05, 3.63) is 57.6 Å². The number of rotatable bonds is 3. The SMILES string of the molecule is Cc1c(O)c(O)c(C#N)c(Cc2ccc(CC(F)(F)F)cc2)c1C#N. The van der Waals surface area contributed by atoms with E-state index in [0.717, 1.165) is 0 Å². The van der Waals surface area contributed by atoms with Gasteiger partial charge in [0.1, 0.15) is 11.6 Å². The van der Waals surface area contributed by atoms with Crippen molar-refractivity contribution in [2.24, 2.45) is 0 Å². The van der Waals surface area contributed by atoms with E-state index in [0.29, 0.717) is 5.56 Å². The smallest absolute Gasteiger partial charge is 0.393 e. The molecule has 0 amide bonds. The second-order valence-corrected chi connectivity index (χ2v) is 5.56. The molecule has 0 atom stereocenters. The Morgan fingerprint density at radius 3 is 1.92 bits per heavy atom. The van der Waals surface area contributed by atoms with Gasteiger partial charge in [0.25, 0.3) is 0 Å². The summed E-state index contributed by atoms with van der Waals surface area (Å²) in [6.07, 6.45) is -5.28. The molecule has 0 aromatic heterocycles. The number of phenols is 2. The Morgan fingerprint density at radius 1 is 0.920 bits per heavy atom. The standard InChI is InChI=1S/C18H13F3N2O2/c1-10-14(8-22)13(15(9-23)17(25)16(10)24)6-11-2-4-12(5-3-11)7-18(19,20)21/h2-5,24-25H,6-7H2,1H3. The van der Waals surface area contributed by atoms with Gasteiger partial charge in [0, 0.05) is 12.0 Å². The fourth-order valence-corrected chi connectivity index (χ4v) is 2.57. The maximum atomic E-state index is 12.4. The first kappa shape index (κ1) is 18.2. The Kier molecular flexibility index (Phi) is 4.89. The third-order valence-corrected chi connectivity index (χ3v) is 3.83. The maximum Gasteiger partial charge on any atom is 0.393 e. The molecule has 0 radical (unpaired) electrons. The van der Waals surface area contributed by atoms with Crippen LogP contribution in [0.2, 0.25) is 0 Å². The first-order valence-electron chi connectivity index (χ1n) is 7.20. The summed E-state index contributed by atoms with van der Waals surface area (Å²) in [5.41, 5.74) is 0.875. The third-order valence-electron chi connectivity index (χ3n) is 3.83. The van der Waals surface area contributed by atoms with E-state index in [2.05, 4.69) is 0 Å². The zero-order valence-electron chi connectivity index (χ0n) is 13.1. The summed E-state index contributed by atoms with van der Waals surface area (Å²) in [5, 5.41) is 38.3. The average Bonchev–Trinajstić information content (AvgIpc) is 2.54. The van der Waals surface area contributed by atoms with Crippen LogP contribution in [0.5, 0.6) is 11.5 Å². The van der Waals surface area contributed by atoms with Gasteiger partial charge in [0.05, 0.1) is 18.1 Å². The highest BCUT2D eigenvalue weighted by Gasteiger charge is 2.27. The Hall–Kier alpha value is -3.19. The van der Waals surface area contributed by atoms with Crippen molar-refractivity contribution in [3.8, 4) is 23.6 Å². The lowest BCUT2D eigenvalue weighted by Gasteiger charge is -2.13. The second kappa shape index (κ2) is 6.74. The number of nitrogens with zero attached hydrogens (tertiary/aromatic N) is 2. The van der Waals surface area contributed by atoms with E-state index in [1.165, 1.54) is 31.2 Å². The molecule has 0 aliphatic carbocycles. The summed E-state index contributed by atoms with van der Waals surface area (Å²) in [4.78, 5) is 0. The molecule has 0 bridgehead atoms. The Balaban J connectivity index is 2.44. The van der Waals surface area contributed by atoms with Crippen LogP contribution in [0.3, 0.4) is 0 Å². The Morgan fingerprint density at radius 2 is 1.44 bits per heavy atom. The van der Waals surface area contributed by atoms with Crippen LogP contribution in [0.4, 0.5) is 13.2 Å². The van der Waals surface area contributed by atoms with E-state index in [-0.39, 0.29) is 34.2 Å². The van der Waals surface area contributed by atoms with Crippen molar-refractivity contribution in [2.45, 2.75) is 25.9 Å². The van der Waals surface area contributed by atoms with Crippen LogP contribution < -0.4 is 0 Å². The third kappa shape index (κ3) is 3.84. The minimum atomic E-state index is -4.30. The number of nitriles is 2. The molecule has 0 unspecified atom stereocenters. The molecule has 0 fully saturated rings. The van der Waals surface area contributed by atoms with Crippen molar-refractivity contribution >= 4 is 0 Å². The second-order valence-electron chi connectivity index (χ2n) is 5.56. The van der Waals surface area contributed by atoms with E-state index in [1.54, 1.807) is 6.07 Å². The number of phenolic OH excluding ortho intramolecular Hbond substituents is 2. The van der Waals surface area contributed by atoms with E-state index >= 15 is 0 Å². The molecule has 25 heavy (non-hydrogen) atoms. The van der Waals surface area contributed by atoms with Gasteiger partial charge in [-0.05, 0) is 23.6 Å². The number of halogens is 3. The van der Waals surface area contributed by atoms with Crippen LogP contribution >= 0.6 is 0 Å². The molecule has 0 aliphatic heterocycles. The Labute approximate surface area is 142 Å². The lowest BCUT2D eigenvalue weighted by atomic mass is 9.91. The quantitative estimate of drug-likeness (QED) is 0.827. The fraction of sp³-hybridized carbons (Fsp3) is 0.222. The van der Waals surface area contributed by atoms with E-state index in [4.69, 9.17) is 0 Å². The number of hydrogen-bond donors (Lipinski definition) is 2. The molecule has 0 aliphatic rings. The van der Waals surface area contributed by atoms with Crippen molar-refractivity contribution in [1.29, 1.82) is 10.5 Å². The maximum absolute atomic E-state index is 12.4. The van der Waals surface area contributed by atoms with Gasteiger partial charge >= 0.3 is 6.18 Å². The van der Waals surface area contributed by atoms with E-state index < -0.39 is 24.1 Å². The molecule has 4 nitrogen and oxygen atoms in total. The van der Waals surface area contributed by atoms with Crippen molar-refractivity contribution in [3.63, 3.8) is 0 Å². The van der Waals surface area contributed by atoms with Gasteiger partial charge < -0.3 is 10.2 Å². The summed E-state index contributed by atoms with van der Waals surface area (Å²) < 4.78 is 37.2. The monoisotopic (exact) mass is 346 g/mol. The van der Waals surface area contributed by atoms with Gasteiger partial charge in [-0.15, -0.1) is 0 Å². The van der Waals surface area contributed by atoms with E-state index in [9.17, 15) is 33.9 Å². The molecular formula is C18H13F3N2O2. The first-order valence-corrected chi connectivity index (χ1v) is 7.20. The molecule has 2 aromatic rings. The average molecular weight is 346 g/mol. The molecule has 2 aromatic carbocycles. The minimum Gasteiger partial charge on any atom is -0.504 e. The summed E-state index contributed by atoms with van der Waals surface area (Å²) in [5.74, 6) is -1.14. The van der Waals surface area contributed by atoms with Gasteiger partial charge in [-0.25, -0.2) is 0 Å². The Bertz CT molecular complexity index is 848. The largest absolute Gasteiger partial charge is 0.504 e. The molecule has 0 saturated heterocycles. The normalized spacial score (nSPS) is 11.0. The van der Waals surface area contributed by atoms with Gasteiger partial charge in [-0.3, -0.25) is 0 Å². The molecule has 2 rings (SSSR count). The van der Waals surface area contributed by atoms with Gasteiger partial charge in [-0.2, -0.15) is 23.7 Å². The van der Waals surface area contributed by atoms with Gasteiger partial charge in [0.2, 0.25) is 0 Å². The first-order chi connectivity index (χ1) is 11.7. The van der Waals surface area contributed by atoms with Crippen molar-refractivity contribution in [2.75, 3.05) is 0 Å². The van der Waals surface area contributed by atoms with Gasteiger partial charge in [-0.1, -0.05) is 24.3 Å². The molecule has 0 saturated carbocycles. The molecule has 0 heterocycles. The van der Waals surface area contributed by atoms with Crippen LogP contribution in [0.1, 0.15) is 33.4 Å². The van der Waals surface area contributed by atoms with Crippen molar-refractivity contribution in [1.82, 2.24) is 0 Å². The van der Waals surface area contributed by atoms with Crippen LogP contribution in [0.25, 0.3) is 0 Å². The summed E-state index contributed by atoms with van der Waals surface area (Å²) in [7, 11) is 0. The predicted molar refractivity (Wildman–Crippen MR) is 82.9 cm³/mol. The van der Waals surface area contributed by atoms with Gasteiger partial charge in [0.15, 0.2) is 11.5 Å². The summed E-state index contributed by atoms with van der Waals surface area (Å²) in [6, 6.07) is 9.26. The van der Waals surface area contributed by atoms with Crippen LogP contribution in [0, 0.1) is 29.6 Å². The highest BCUT2D eigenvalue weighted by atomic mass is 19.4. The molecular weight excluding hydrogens is 333 g/mol.